The molecule has 1 N–H and O–H groups in total. The van der Waals surface area contributed by atoms with Crippen LogP contribution in [0.15, 0.2) is 0 Å². The van der Waals surface area contributed by atoms with Crippen molar-refractivity contribution in [1.29, 1.82) is 0 Å². The lowest BCUT2D eigenvalue weighted by Crippen LogP contribution is -2.49. The van der Waals surface area contributed by atoms with Gasteiger partial charge in [0.15, 0.2) is 0 Å². The molecule has 1 aliphatic heterocycles. The number of aliphatic hydroxyl groups excluding tert-OH is 1. The fourth-order valence-electron chi connectivity index (χ4n) is 1.37. The third-order valence-electron chi connectivity index (χ3n) is 2.07. The maximum atomic E-state index is 11.8. The Labute approximate surface area is 95.0 Å². The first-order valence-corrected chi connectivity index (χ1v) is 6.28. The number of ether oxygens (including phenoxy) is 1. The molecule has 4 nitrogen and oxygen atoms in total. The summed E-state index contributed by atoms with van der Waals surface area (Å²) in [6.45, 7) is 6.20. The summed E-state index contributed by atoms with van der Waals surface area (Å²) in [6.07, 6.45) is -0.318. The summed E-state index contributed by atoms with van der Waals surface area (Å²) >= 11 is 1.76. The summed E-state index contributed by atoms with van der Waals surface area (Å²) in [5.41, 5.74) is -0.471. The van der Waals surface area contributed by atoms with Crippen molar-refractivity contribution in [1.82, 2.24) is 4.90 Å². The Kier molecular flexibility index (Phi) is 4.28. The Bertz CT molecular complexity index is 227. The summed E-state index contributed by atoms with van der Waals surface area (Å²) in [6, 6.07) is -0.0985. The highest BCUT2D eigenvalue weighted by molar-refractivity contribution is 7.99. The van der Waals surface area contributed by atoms with Crippen LogP contribution in [0.4, 0.5) is 4.79 Å². The molecule has 1 rings (SSSR count). The molecule has 1 amide bonds. The molecule has 0 aromatic rings. The Morgan fingerprint density at radius 1 is 1.60 bits per heavy atom. The molecule has 0 unspecified atom stereocenters. The highest BCUT2D eigenvalue weighted by Crippen LogP contribution is 2.19. The van der Waals surface area contributed by atoms with Gasteiger partial charge < -0.3 is 14.7 Å². The Hall–Kier alpha value is -0.420. The second-order valence-electron chi connectivity index (χ2n) is 4.59. The van der Waals surface area contributed by atoms with Crippen molar-refractivity contribution in [3.63, 3.8) is 0 Å². The van der Waals surface area contributed by atoms with Crippen molar-refractivity contribution in [2.24, 2.45) is 0 Å². The Morgan fingerprint density at radius 2 is 2.27 bits per heavy atom. The lowest BCUT2D eigenvalue weighted by Gasteiger charge is -2.35. The lowest BCUT2D eigenvalue weighted by atomic mass is 10.2. The van der Waals surface area contributed by atoms with Gasteiger partial charge in [-0.05, 0) is 20.8 Å². The van der Waals surface area contributed by atoms with Crippen LogP contribution in [-0.2, 0) is 4.74 Å². The first-order valence-electron chi connectivity index (χ1n) is 5.12. The number of hydrogen-bond donors (Lipinski definition) is 1. The molecule has 0 bridgehead atoms. The van der Waals surface area contributed by atoms with Crippen LogP contribution >= 0.6 is 11.8 Å². The van der Waals surface area contributed by atoms with Gasteiger partial charge in [0.05, 0.1) is 12.6 Å². The van der Waals surface area contributed by atoms with E-state index in [2.05, 4.69) is 0 Å². The Morgan fingerprint density at radius 3 is 2.80 bits per heavy atom. The number of nitrogens with zero attached hydrogens (tertiary/aromatic N) is 1. The summed E-state index contributed by atoms with van der Waals surface area (Å²) in [5.74, 6) is 1.70. The third-order valence-corrected chi connectivity index (χ3v) is 3.16. The van der Waals surface area contributed by atoms with Gasteiger partial charge in [-0.2, -0.15) is 11.8 Å². The van der Waals surface area contributed by atoms with E-state index in [-0.39, 0.29) is 18.7 Å². The van der Waals surface area contributed by atoms with Crippen LogP contribution < -0.4 is 0 Å². The molecule has 0 aliphatic carbocycles. The average molecular weight is 233 g/mol. The lowest BCUT2D eigenvalue weighted by molar-refractivity contribution is 0.0129. The molecule has 0 aromatic carbocycles. The van der Waals surface area contributed by atoms with Gasteiger partial charge >= 0.3 is 6.09 Å². The molecule has 1 atom stereocenters. The van der Waals surface area contributed by atoms with Gasteiger partial charge in [0, 0.05) is 18.1 Å². The summed E-state index contributed by atoms with van der Waals surface area (Å²) in [4.78, 5) is 13.4. The molecule has 1 aliphatic rings. The molecular weight excluding hydrogens is 214 g/mol. The monoisotopic (exact) mass is 233 g/mol. The molecule has 1 saturated heterocycles. The van der Waals surface area contributed by atoms with Gasteiger partial charge in [-0.1, -0.05) is 0 Å². The zero-order chi connectivity index (χ0) is 11.5. The molecule has 0 aromatic heterocycles. The van der Waals surface area contributed by atoms with E-state index in [1.165, 1.54) is 0 Å². The highest BCUT2D eigenvalue weighted by atomic mass is 32.2. The van der Waals surface area contributed by atoms with Crippen LogP contribution in [0.1, 0.15) is 20.8 Å². The number of carbonyl (C=O) groups is 1. The van der Waals surface area contributed by atoms with Gasteiger partial charge in [-0.3, -0.25) is 0 Å². The Balaban J connectivity index is 2.56. The minimum absolute atomic E-state index is 0.00619. The van der Waals surface area contributed by atoms with E-state index >= 15 is 0 Å². The van der Waals surface area contributed by atoms with Crippen LogP contribution in [0.5, 0.6) is 0 Å². The smallest absolute Gasteiger partial charge is 0.410 e. The normalized spacial score (nSPS) is 22.7. The van der Waals surface area contributed by atoms with E-state index in [4.69, 9.17) is 9.84 Å². The molecular formula is C10H19NO3S. The molecule has 88 valence electrons. The summed E-state index contributed by atoms with van der Waals surface area (Å²) < 4.78 is 5.28. The first-order chi connectivity index (χ1) is 6.94. The molecule has 0 spiro atoms. The summed E-state index contributed by atoms with van der Waals surface area (Å²) in [7, 11) is 0. The average Bonchev–Trinajstić information content (AvgIpc) is 2.15. The van der Waals surface area contributed by atoms with E-state index in [0.29, 0.717) is 6.54 Å². The third kappa shape index (κ3) is 3.91. The first kappa shape index (κ1) is 12.6. The topological polar surface area (TPSA) is 49.8 Å². The second-order valence-corrected chi connectivity index (χ2v) is 5.73. The van der Waals surface area contributed by atoms with Crippen LogP contribution in [-0.4, -0.2) is 52.4 Å². The van der Waals surface area contributed by atoms with Crippen molar-refractivity contribution >= 4 is 17.9 Å². The van der Waals surface area contributed by atoms with Gasteiger partial charge in [0.1, 0.15) is 5.60 Å². The van der Waals surface area contributed by atoms with Crippen molar-refractivity contribution in [2.75, 3.05) is 24.7 Å². The number of rotatable bonds is 1. The number of aliphatic hydroxyl groups is 1. The fraction of sp³-hybridized carbons (Fsp3) is 0.900. The minimum Gasteiger partial charge on any atom is -0.444 e. The highest BCUT2D eigenvalue weighted by Gasteiger charge is 2.30. The van der Waals surface area contributed by atoms with E-state index in [9.17, 15) is 4.79 Å². The number of amides is 1. The van der Waals surface area contributed by atoms with Crippen LogP contribution in [0.3, 0.4) is 0 Å². The van der Waals surface area contributed by atoms with Gasteiger partial charge in [0.25, 0.3) is 0 Å². The van der Waals surface area contributed by atoms with Gasteiger partial charge in [-0.25, -0.2) is 4.79 Å². The van der Waals surface area contributed by atoms with E-state index in [0.717, 1.165) is 11.5 Å². The van der Waals surface area contributed by atoms with Crippen LogP contribution in [0.25, 0.3) is 0 Å². The van der Waals surface area contributed by atoms with Crippen LogP contribution in [0.2, 0.25) is 0 Å². The standard InChI is InChI=1S/C10H19NO3S/c1-10(2,3)14-9(13)11-4-5-15-7-8(11)6-12/h8,12H,4-7H2,1-3H3/t8-/m1/s1. The second kappa shape index (κ2) is 5.07. The van der Waals surface area contributed by atoms with Crippen molar-refractivity contribution in [3.05, 3.63) is 0 Å². The maximum absolute atomic E-state index is 11.8. The van der Waals surface area contributed by atoms with Gasteiger partial charge in [-0.15, -0.1) is 0 Å². The quantitative estimate of drug-likeness (QED) is 0.742. The fourth-order valence-corrected chi connectivity index (χ4v) is 2.42. The molecule has 1 heterocycles. The van der Waals surface area contributed by atoms with Crippen molar-refractivity contribution in [2.45, 2.75) is 32.4 Å². The van der Waals surface area contributed by atoms with Crippen molar-refractivity contribution < 1.29 is 14.6 Å². The van der Waals surface area contributed by atoms with E-state index in [1.807, 2.05) is 20.8 Å². The molecule has 0 radical (unpaired) electrons. The SMILES string of the molecule is CC(C)(C)OC(=O)N1CCSC[C@H]1CO. The molecule has 1 fully saturated rings. The zero-order valence-corrected chi connectivity index (χ0v) is 10.3. The minimum atomic E-state index is -0.471. The molecule has 0 saturated carbocycles. The summed E-state index contributed by atoms with van der Waals surface area (Å²) in [5, 5.41) is 9.15. The van der Waals surface area contributed by atoms with Crippen LogP contribution in [0, 0.1) is 0 Å². The van der Waals surface area contributed by atoms with Crippen molar-refractivity contribution in [3.8, 4) is 0 Å². The zero-order valence-electron chi connectivity index (χ0n) is 9.52. The predicted octanol–water partition coefficient (Wildman–Crippen LogP) is 1.33. The van der Waals surface area contributed by atoms with E-state index < -0.39 is 5.60 Å². The van der Waals surface area contributed by atoms with Gasteiger partial charge in [0.2, 0.25) is 0 Å². The molecule has 15 heavy (non-hydrogen) atoms. The largest absolute Gasteiger partial charge is 0.444 e. The number of hydrogen-bond acceptors (Lipinski definition) is 4. The predicted molar refractivity (Wildman–Crippen MR) is 61.1 cm³/mol. The maximum Gasteiger partial charge on any atom is 0.410 e. The number of carbonyl (C=O) groups excluding carboxylic acids is 1. The van der Waals surface area contributed by atoms with E-state index in [1.54, 1.807) is 16.7 Å². The molecule has 5 heteroatoms. The number of thioether (sulfide) groups is 1.